The number of nitrogens with zero attached hydrogens (tertiary/aromatic N) is 4. The monoisotopic (exact) mass is 300 g/mol. The third-order valence-corrected chi connectivity index (χ3v) is 4.24. The van der Waals surface area contributed by atoms with Gasteiger partial charge in [-0.25, -0.2) is 0 Å². The van der Waals surface area contributed by atoms with Gasteiger partial charge in [0.25, 0.3) is 0 Å². The SMILES string of the molecule is c1ccc2c(c1)OCc1nnc(CCCN3CCOCC3)n1-2. The minimum Gasteiger partial charge on any atom is -0.483 e. The maximum atomic E-state index is 5.72. The van der Waals surface area contributed by atoms with Gasteiger partial charge in [-0.1, -0.05) is 12.1 Å². The number of rotatable bonds is 4. The maximum absolute atomic E-state index is 5.72. The van der Waals surface area contributed by atoms with E-state index in [1.807, 2.05) is 18.2 Å². The molecule has 2 aliphatic rings. The van der Waals surface area contributed by atoms with Crippen molar-refractivity contribution in [1.29, 1.82) is 0 Å². The second kappa shape index (κ2) is 6.06. The molecule has 2 aromatic rings. The summed E-state index contributed by atoms with van der Waals surface area (Å²) in [6.07, 6.45) is 2.01. The van der Waals surface area contributed by atoms with Crippen LogP contribution in [0.1, 0.15) is 18.1 Å². The Bertz CT molecular complexity index is 649. The summed E-state index contributed by atoms with van der Waals surface area (Å²) in [5.74, 6) is 2.82. The third-order valence-electron chi connectivity index (χ3n) is 4.24. The normalized spacial score (nSPS) is 17.6. The average molecular weight is 300 g/mol. The second-order valence-corrected chi connectivity index (χ2v) is 5.68. The summed E-state index contributed by atoms with van der Waals surface area (Å²) >= 11 is 0. The van der Waals surface area contributed by atoms with Crippen LogP contribution in [0.4, 0.5) is 0 Å². The first kappa shape index (κ1) is 13.7. The van der Waals surface area contributed by atoms with Crippen LogP contribution in [0, 0.1) is 0 Å². The van der Waals surface area contributed by atoms with E-state index in [0.29, 0.717) is 6.61 Å². The van der Waals surface area contributed by atoms with Crippen molar-refractivity contribution in [1.82, 2.24) is 19.7 Å². The number of morpholine rings is 1. The summed E-state index contributed by atoms with van der Waals surface area (Å²) in [5.41, 5.74) is 1.05. The number of aromatic nitrogens is 3. The topological polar surface area (TPSA) is 52.4 Å². The fraction of sp³-hybridized carbons (Fsp3) is 0.500. The molecule has 6 heteroatoms. The summed E-state index contributed by atoms with van der Waals surface area (Å²) in [4.78, 5) is 2.45. The first-order chi connectivity index (χ1) is 10.9. The van der Waals surface area contributed by atoms with Gasteiger partial charge in [-0.15, -0.1) is 10.2 Å². The van der Waals surface area contributed by atoms with Crippen LogP contribution in [0.25, 0.3) is 5.69 Å². The Morgan fingerprint density at radius 1 is 1.09 bits per heavy atom. The first-order valence-corrected chi connectivity index (χ1v) is 7.87. The molecule has 2 aliphatic heterocycles. The van der Waals surface area contributed by atoms with Crippen molar-refractivity contribution >= 4 is 0 Å². The van der Waals surface area contributed by atoms with Gasteiger partial charge >= 0.3 is 0 Å². The Kier molecular flexibility index (Phi) is 3.78. The smallest absolute Gasteiger partial charge is 0.175 e. The van der Waals surface area contributed by atoms with Crippen molar-refractivity contribution < 1.29 is 9.47 Å². The lowest BCUT2D eigenvalue weighted by molar-refractivity contribution is 0.0374. The lowest BCUT2D eigenvalue weighted by Crippen LogP contribution is -2.37. The largest absolute Gasteiger partial charge is 0.483 e. The maximum Gasteiger partial charge on any atom is 0.175 e. The molecule has 0 atom stereocenters. The number of hydrogen-bond acceptors (Lipinski definition) is 5. The fourth-order valence-electron chi connectivity index (χ4n) is 3.08. The number of aryl methyl sites for hydroxylation is 1. The van der Waals surface area contributed by atoms with Crippen LogP contribution in [0.15, 0.2) is 24.3 Å². The molecule has 4 rings (SSSR count). The molecule has 3 heterocycles. The van der Waals surface area contributed by atoms with Crippen LogP contribution in [0.2, 0.25) is 0 Å². The molecule has 1 fully saturated rings. The van der Waals surface area contributed by atoms with Gasteiger partial charge in [-0.05, 0) is 25.1 Å². The quantitative estimate of drug-likeness (QED) is 0.855. The summed E-state index contributed by atoms with van der Waals surface area (Å²) in [6, 6.07) is 8.07. The Morgan fingerprint density at radius 3 is 2.86 bits per heavy atom. The zero-order valence-electron chi connectivity index (χ0n) is 12.6. The van der Waals surface area contributed by atoms with Gasteiger partial charge < -0.3 is 9.47 Å². The molecule has 0 saturated carbocycles. The Hall–Kier alpha value is -1.92. The van der Waals surface area contributed by atoms with Gasteiger partial charge in [0.05, 0.1) is 18.9 Å². The van der Waals surface area contributed by atoms with Gasteiger partial charge in [0.1, 0.15) is 18.2 Å². The second-order valence-electron chi connectivity index (χ2n) is 5.68. The van der Waals surface area contributed by atoms with E-state index in [-0.39, 0.29) is 0 Å². The van der Waals surface area contributed by atoms with Crippen molar-refractivity contribution in [3.63, 3.8) is 0 Å². The lowest BCUT2D eigenvalue weighted by Gasteiger charge is -2.26. The molecule has 0 unspecified atom stereocenters. The van der Waals surface area contributed by atoms with E-state index in [1.54, 1.807) is 0 Å². The number of para-hydroxylation sites is 2. The molecule has 22 heavy (non-hydrogen) atoms. The van der Waals surface area contributed by atoms with Crippen LogP contribution in [-0.2, 0) is 17.8 Å². The highest BCUT2D eigenvalue weighted by atomic mass is 16.5. The zero-order valence-corrected chi connectivity index (χ0v) is 12.6. The number of benzene rings is 1. The molecule has 116 valence electrons. The highest BCUT2D eigenvalue weighted by Gasteiger charge is 2.21. The molecule has 0 bridgehead atoms. The Balaban J connectivity index is 1.47. The number of ether oxygens (including phenoxy) is 2. The minimum atomic E-state index is 0.494. The number of fused-ring (bicyclic) bond motifs is 3. The van der Waals surface area contributed by atoms with E-state index >= 15 is 0 Å². The Labute approximate surface area is 129 Å². The molecule has 6 nitrogen and oxygen atoms in total. The molecule has 1 saturated heterocycles. The van der Waals surface area contributed by atoms with Crippen molar-refractivity contribution in [2.45, 2.75) is 19.4 Å². The van der Waals surface area contributed by atoms with Crippen molar-refractivity contribution in [3.8, 4) is 11.4 Å². The standard InChI is InChI=1S/C16H20N4O2/c1-2-5-14-13(4-1)20-15(17-18-16(20)12-22-14)6-3-7-19-8-10-21-11-9-19/h1-2,4-5H,3,6-12H2. The summed E-state index contributed by atoms with van der Waals surface area (Å²) in [6.45, 7) is 5.36. The molecular formula is C16H20N4O2. The van der Waals surface area contributed by atoms with E-state index in [2.05, 4.69) is 25.7 Å². The van der Waals surface area contributed by atoms with E-state index in [0.717, 1.165) is 68.8 Å². The minimum absolute atomic E-state index is 0.494. The molecule has 1 aromatic heterocycles. The predicted octanol–water partition coefficient (Wildman–Crippen LogP) is 1.42. The average Bonchev–Trinajstić information content (AvgIpc) is 3.00. The van der Waals surface area contributed by atoms with Crippen LogP contribution < -0.4 is 4.74 Å². The molecule has 1 aromatic carbocycles. The Morgan fingerprint density at radius 2 is 1.95 bits per heavy atom. The van der Waals surface area contributed by atoms with E-state index < -0.39 is 0 Å². The van der Waals surface area contributed by atoms with Gasteiger partial charge in [0.15, 0.2) is 5.82 Å². The van der Waals surface area contributed by atoms with Crippen molar-refractivity contribution in [3.05, 3.63) is 35.9 Å². The molecule has 0 N–H and O–H groups in total. The zero-order chi connectivity index (χ0) is 14.8. The van der Waals surface area contributed by atoms with Gasteiger partial charge in [-0.3, -0.25) is 9.47 Å². The van der Waals surface area contributed by atoms with Crippen LogP contribution in [0.5, 0.6) is 5.75 Å². The van der Waals surface area contributed by atoms with Crippen LogP contribution in [0.3, 0.4) is 0 Å². The van der Waals surface area contributed by atoms with Crippen LogP contribution in [-0.4, -0.2) is 52.5 Å². The number of hydrogen-bond donors (Lipinski definition) is 0. The van der Waals surface area contributed by atoms with E-state index in [1.165, 1.54) is 0 Å². The van der Waals surface area contributed by atoms with Gasteiger partial charge in [-0.2, -0.15) is 0 Å². The van der Waals surface area contributed by atoms with Crippen LogP contribution >= 0.6 is 0 Å². The molecular weight excluding hydrogens is 280 g/mol. The first-order valence-electron chi connectivity index (χ1n) is 7.87. The predicted molar refractivity (Wildman–Crippen MR) is 81.3 cm³/mol. The van der Waals surface area contributed by atoms with E-state index in [4.69, 9.17) is 9.47 Å². The summed E-state index contributed by atoms with van der Waals surface area (Å²) in [5, 5.41) is 8.64. The fourth-order valence-corrected chi connectivity index (χ4v) is 3.08. The molecule has 0 radical (unpaired) electrons. The van der Waals surface area contributed by atoms with Gasteiger partial charge in [0.2, 0.25) is 0 Å². The molecule has 0 spiro atoms. The van der Waals surface area contributed by atoms with Crippen molar-refractivity contribution in [2.24, 2.45) is 0 Å². The molecule has 0 aliphatic carbocycles. The van der Waals surface area contributed by atoms with E-state index in [9.17, 15) is 0 Å². The highest BCUT2D eigenvalue weighted by Crippen LogP contribution is 2.29. The lowest BCUT2D eigenvalue weighted by atomic mass is 10.2. The van der Waals surface area contributed by atoms with Gasteiger partial charge in [0, 0.05) is 19.5 Å². The summed E-state index contributed by atoms with van der Waals surface area (Å²) < 4.78 is 13.3. The molecule has 0 amide bonds. The highest BCUT2D eigenvalue weighted by molar-refractivity contribution is 5.49. The third kappa shape index (κ3) is 2.60. The van der Waals surface area contributed by atoms with Crippen molar-refractivity contribution in [2.75, 3.05) is 32.8 Å². The summed E-state index contributed by atoms with van der Waals surface area (Å²) in [7, 11) is 0.